The van der Waals surface area contributed by atoms with Crippen LogP contribution in [-0.2, 0) is 4.74 Å². The van der Waals surface area contributed by atoms with Gasteiger partial charge in [0.1, 0.15) is 0 Å². The van der Waals surface area contributed by atoms with Crippen molar-refractivity contribution in [2.75, 3.05) is 57.1 Å². The SMILES string of the molecule is CN(CCN1CCOCC1)c1cc[c]c(N)c1. The van der Waals surface area contributed by atoms with Crippen molar-refractivity contribution < 1.29 is 4.74 Å². The van der Waals surface area contributed by atoms with E-state index in [1.807, 2.05) is 18.2 Å². The van der Waals surface area contributed by atoms with Crippen molar-refractivity contribution in [3.63, 3.8) is 0 Å². The van der Waals surface area contributed by atoms with Gasteiger partial charge in [0, 0.05) is 50.7 Å². The number of benzene rings is 1. The van der Waals surface area contributed by atoms with Gasteiger partial charge in [0.25, 0.3) is 0 Å². The van der Waals surface area contributed by atoms with Crippen molar-refractivity contribution in [1.82, 2.24) is 4.90 Å². The molecule has 1 heterocycles. The highest BCUT2D eigenvalue weighted by molar-refractivity contribution is 5.54. The van der Waals surface area contributed by atoms with E-state index < -0.39 is 0 Å². The third kappa shape index (κ3) is 3.61. The lowest BCUT2D eigenvalue weighted by Crippen LogP contribution is -2.40. The molecule has 1 radical (unpaired) electrons. The van der Waals surface area contributed by atoms with E-state index in [-0.39, 0.29) is 0 Å². The Bertz CT molecular complexity index is 350. The molecule has 1 aliphatic rings. The Morgan fingerprint density at radius 3 is 2.94 bits per heavy atom. The Kier molecular flexibility index (Phi) is 4.23. The monoisotopic (exact) mass is 234 g/mol. The number of nitrogens with zero attached hydrogens (tertiary/aromatic N) is 2. The molecule has 1 fully saturated rings. The number of anilines is 2. The number of likely N-dealkylation sites (N-methyl/N-ethyl adjacent to an activating group) is 1. The molecule has 4 heteroatoms. The van der Waals surface area contributed by atoms with E-state index in [9.17, 15) is 0 Å². The maximum atomic E-state index is 5.73. The predicted molar refractivity (Wildman–Crippen MR) is 70.2 cm³/mol. The fourth-order valence-corrected chi connectivity index (χ4v) is 1.96. The van der Waals surface area contributed by atoms with Crippen molar-refractivity contribution in [2.45, 2.75) is 0 Å². The molecule has 0 amide bonds. The molecule has 0 unspecified atom stereocenters. The van der Waals surface area contributed by atoms with Gasteiger partial charge in [0.2, 0.25) is 0 Å². The molecule has 0 aliphatic carbocycles. The van der Waals surface area contributed by atoms with Crippen LogP contribution in [0.4, 0.5) is 11.4 Å². The molecule has 0 spiro atoms. The lowest BCUT2D eigenvalue weighted by molar-refractivity contribution is 0.0393. The predicted octanol–water partition coefficient (Wildman–Crippen LogP) is 0.837. The van der Waals surface area contributed by atoms with E-state index in [4.69, 9.17) is 10.5 Å². The molecule has 2 N–H and O–H groups in total. The summed E-state index contributed by atoms with van der Waals surface area (Å²) >= 11 is 0. The summed E-state index contributed by atoms with van der Waals surface area (Å²) in [6, 6.07) is 8.82. The first-order chi connectivity index (χ1) is 8.25. The summed E-state index contributed by atoms with van der Waals surface area (Å²) in [5, 5.41) is 0. The summed E-state index contributed by atoms with van der Waals surface area (Å²) in [7, 11) is 2.09. The van der Waals surface area contributed by atoms with Gasteiger partial charge >= 0.3 is 0 Å². The van der Waals surface area contributed by atoms with Crippen LogP contribution in [0.3, 0.4) is 0 Å². The second-order valence-electron chi connectivity index (χ2n) is 4.38. The van der Waals surface area contributed by atoms with E-state index in [0.29, 0.717) is 5.69 Å². The molecule has 1 saturated heterocycles. The van der Waals surface area contributed by atoms with Crippen LogP contribution < -0.4 is 10.6 Å². The first kappa shape index (κ1) is 12.2. The van der Waals surface area contributed by atoms with Crippen LogP contribution in [0.5, 0.6) is 0 Å². The molecule has 1 aromatic carbocycles. The second kappa shape index (κ2) is 5.89. The minimum absolute atomic E-state index is 0.695. The molecule has 1 aliphatic heterocycles. The lowest BCUT2D eigenvalue weighted by Gasteiger charge is -2.29. The quantitative estimate of drug-likeness (QED) is 0.784. The smallest absolute Gasteiger partial charge is 0.0594 e. The fraction of sp³-hybridized carbons (Fsp3) is 0.538. The lowest BCUT2D eigenvalue weighted by atomic mass is 10.2. The molecular formula is C13H20N3O. The van der Waals surface area contributed by atoms with Crippen LogP contribution in [0.1, 0.15) is 0 Å². The number of rotatable bonds is 4. The molecule has 2 rings (SSSR count). The van der Waals surface area contributed by atoms with Gasteiger partial charge in [-0.25, -0.2) is 0 Å². The minimum atomic E-state index is 0.695. The zero-order valence-electron chi connectivity index (χ0n) is 10.4. The Hall–Kier alpha value is -1.26. The van der Waals surface area contributed by atoms with Crippen LogP contribution in [0.2, 0.25) is 0 Å². The Morgan fingerprint density at radius 1 is 1.47 bits per heavy atom. The molecule has 0 aromatic heterocycles. The van der Waals surface area contributed by atoms with Crippen LogP contribution in [0.15, 0.2) is 18.2 Å². The molecule has 93 valence electrons. The summed E-state index contributed by atoms with van der Waals surface area (Å²) in [6.07, 6.45) is 0. The normalized spacial score (nSPS) is 17.0. The van der Waals surface area contributed by atoms with Crippen LogP contribution >= 0.6 is 0 Å². The molecule has 0 bridgehead atoms. The summed E-state index contributed by atoms with van der Waals surface area (Å²) in [5.74, 6) is 0. The first-order valence-electron chi connectivity index (χ1n) is 6.04. The molecule has 0 saturated carbocycles. The highest BCUT2D eigenvalue weighted by Crippen LogP contribution is 2.15. The summed E-state index contributed by atoms with van der Waals surface area (Å²) < 4.78 is 5.33. The topological polar surface area (TPSA) is 41.7 Å². The number of ether oxygens (including phenoxy) is 1. The molecule has 4 nitrogen and oxygen atoms in total. The summed E-state index contributed by atoms with van der Waals surface area (Å²) in [4.78, 5) is 4.65. The summed E-state index contributed by atoms with van der Waals surface area (Å²) in [5.41, 5.74) is 7.57. The van der Waals surface area contributed by atoms with Gasteiger partial charge < -0.3 is 15.4 Å². The Balaban J connectivity index is 1.82. The van der Waals surface area contributed by atoms with E-state index in [1.165, 1.54) is 0 Å². The van der Waals surface area contributed by atoms with Crippen molar-refractivity contribution in [3.8, 4) is 0 Å². The summed E-state index contributed by atoms with van der Waals surface area (Å²) in [6.45, 7) is 5.87. The van der Waals surface area contributed by atoms with Crippen molar-refractivity contribution in [2.24, 2.45) is 0 Å². The maximum absolute atomic E-state index is 5.73. The largest absolute Gasteiger partial charge is 0.398 e. The van der Waals surface area contributed by atoms with Gasteiger partial charge in [-0.3, -0.25) is 4.90 Å². The molecular weight excluding hydrogens is 214 g/mol. The van der Waals surface area contributed by atoms with Gasteiger partial charge in [0.05, 0.1) is 13.2 Å². The Labute approximate surface area is 103 Å². The highest BCUT2D eigenvalue weighted by Gasteiger charge is 2.10. The van der Waals surface area contributed by atoms with Gasteiger partial charge in [-0.2, -0.15) is 0 Å². The van der Waals surface area contributed by atoms with Crippen molar-refractivity contribution in [3.05, 3.63) is 24.3 Å². The third-order valence-electron chi connectivity index (χ3n) is 3.10. The maximum Gasteiger partial charge on any atom is 0.0594 e. The zero-order valence-corrected chi connectivity index (χ0v) is 10.4. The average Bonchev–Trinajstić information content (AvgIpc) is 2.37. The third-order valence-corrected chi connectivity index (χ3v) is 3.10. The van der Waals surface area contributed by atoms with Crippen LogP contribution in [0, 0.1) is 6.07 Å². The fourth-order valence-electron chi connectivity index (χ4n) is 1.96. The zero-order chi connectivity index (χ0) is 12.1. The van der Waals surface area contributed by atoms with Crippen LogP contribution in [0.25, 0.3) is 0 Å². The molecule has 17 heavy (non-hydrogen) atoms. The van der Waals surface area contributed by atoms with Crippen molar-refractivity contribution in [1.29, 1.82) is 0 Å². The first-order valence-corrected chi connectivity index (χ1v) is 6.04. The van der Waals surface area contributed by atoms with Crippen LogP contribution in [-0.4, -0.2) is 51.3 Å². The number of nitrogens with two attached hydrogens (primary N) is 1. The number of nitrogen functional groups attached to an aromatic ring is 1. The van der Waals surface area contributed by atoms with E-state index in [2.05, 4.69) is 22.9 Å². The molecule has 0 atom stereocenters. The molecule has 1 aromatic rings. The van der Waals surface area contributed by atoms with E-state index in [0.717, 1.165) is 45.1 Å². The minimum Gasteiger partial charge on any atom is -0.398 e. The van der Waals surface area contributed by atoms with Gasteiger partial charge in [0.15, 0.2) is 0 Å². The number of hydrogen-bond donors (Lipinski definition) is 1. The number of hydrogen-bond acceptors (Lipinski definition) is 4. The Morgan fingerprint density at radius 2 is 2.24 bits per heavy atom. The van der Waals surface area contributed by atoms with Gasteiger partial charge in [-0.1, -0.05) is 6.07 Å². The van der Waals surface area contributed by atoms with Crippen molar-refractivity contribution >= 4 is 11.4 Å². The number of morpholine rings is 1. The highest BCUT2D eigenvalue weighted by atomic mass is 16.5. The van der Waals surface area contributed by atoms with Gasteiger partial charge in [-0.05, 0) is 12.1 Å². The standard InChI is InChI=1S/C13H20N3O/c1-15(13-4-2-3-12(14)11-13)5-6-16-7-9-17-10-8-16/h2,4,11H,5-10,14H2,1H3. The average molecular weight is 234 g/mol. The second-order valence-corrected chi connectivity index (χ2v) is 4.38. The van der Waals surface area contributed by atoms with E-state index in [1.54, 1.807) is 0 Å². The van der Waals surface area contributed by atoms with E-state index >= 15 is 0 Å². The van der Waals surface area contributed by atoms with Gasteiger partial charge in [-0.15, -0.1) is 0 Å².